The number of ether oxygens (including phenoxy) is 3. The lowest BCUT2D eigenvalue weighted by Gasteiger charge is -2.18. The Bertz CT molecular complexity index is 3740. The smallest absolute Gasteiger partial charge is 0.535 e. The second-order valence-electron chi connectivity index (χ2n) is 18.2. The predicted octanol–water partition coefficient (Wildman–Crippen LogP) is 19.4. The summed E-state index contributed by atoms with van der Waals surface area (Å²) in [6.07, 6.45) is 0. The largest absolute Gasteiger partial charge is 0.569 e. The van der Waals surface area contributed by atoms with Crippen molar-refractivity contribution in [2.24, 2.45) is 0 Å². The van der Waals surface area contributed by atoms with Gasteiger partial charge in [-0.05, 0) is 118 Å². The van der Waals surface area contributed by atoms with Crippen molar-refractivity contribution in [2.45, 2.75) is 0 Å². The van der Waals surface area contributed by atoms with Crippen molar-refractivity contribution in [2.75, 3.05) is 21.3 Å². The molecule has 0 aromatic heterocycles. The second-order valence-corrected chi connectivity index (χ2v) is 19.9. The van der Waals surface area contributed by atoms with Crippen LogP contribution in [0.2, 0.25) is 0 Å². The van der Waals surface area contributed by atoms with Crippen molar-refractivity contribution < 1.29 is 41.5 Å². The van der Waals surface area contributed by atoms with Crippen LogP contribution < -0.4 is 18.9 Å². The van der Waals surface area contributed by atoms with E-state index in [1.807, 2.05) is 127 Å². The summed E-state index contributed by atoms with van der Waals surface area (Å²) in [5.74, 6) is -0.511. The Kier molecular flexibility index (Phi) is 19.0. The Morgan fingerprint density at radius 3 is 0.963 bits per heavy atom. The lowest BCUT2D eigenvalue weighted by Crippen LogP contribution is -2.02. The monoisotopic (exact) mass is 1200 g/mol. The number of hydrogen-bond acceptors (Lipinski definition) is 5. The van der Waals surface area contributed by atoms with Crippen LogP contribution in [0.15, 0.2) is 252 Å². The van der Waals surface area contributed by atoms with Crippen LogP contribution in [0.3, 0.4) is 0 Å². The third-order valence-electron chi connectivity index (χ3n) is 13.2. The maximum atomic E-state index is 15.8. The van der Waals surface area contributed by atoms with Crippen LogP contribution in [0, 0.1) is 23.3 Å². The summed E-state index contributed by atoms with van der Waals surface area (Å²) < 4.78 is 79.4. The molecule has 0 saturated carbocycles. The molecule has 1 N–H and O–H groups in total. The normalized spacial score (nSPS) is 10.6. The molecule has 0 unspecified atom stereocenters. The number of benzene rings is 11. The third kappa shape index (κ3) is 13.3. The molecule has 0 spiro atoms. The summed E-state index contributed by atoms with van der Waals surface area (Å²) in [4.78, 5) is 0. The van der Waals surface area contributed by atoms with Gasteiger partial charge in [0.25, 0.3) is 0 Å². The van der Waals surface area contributed by atoms with Gasteiger partial charge in [-0.2, -0.15) is 0 Å². The molecule has 0 aliphatic rings. The zero-order valence-corrected chi connectivity index (χ0v) is 47.2. The van der Waals surface area contributed by atoms with Crippen molar-refractivity contribution in [3.05, 3.63) is 275 Å². The van der Waals surface area contributed by atoms with Gasteiger partial charge in [-0.1, -0.05) is 194 Å². The van der Waals surface area contributed by atoms with Gasteiger partial charge in [-0.3, -0.25) is 0 Å². The Balaban J connectivity index is 0.000000197. The lowest BCUT2D eigenvalue weighted by molar-refractivity contribution is 0.383. The van der Waals surface area contributed by atoms with Crippen LogP contribution in [-0.2, 0) is 0 Å². The molecule has 0 aliphatic heterocycles. The van der Waals surface area contributed by atoms with Gasteiger partial charge in [0.15, 0.2) is 5.75 Å². The number of methoxy groups -OCH3 is 3. The number of halogens is 6. The zero-order valence-electron chi connectivity index (χ0n) is 44.0. The molecule has 0 amide bonds. The van der Waals surface area contributed by atoms with Crippen LogP contribution in [0.4, 0.5) is 17.6 Å². The molecule has 0 fully saturated rings. The first-order valence-electron chi connectivity index (χ1n) is 25.4. The van der Waals surface area contributed by atoms with Gasteiger partial charge in [0.05, 0.1) is 30.3 Å². The summed E-state index contributed by atoms with van der Waals surface area (Å²) in [6.45, 7) is 0. The lowest BCUT2D eigenvalue weighted by atomic mass is 9.91. The van der Waals surface area contributed by atoms with E-state index in [-0.39, 0.29) is 20.1 Å². The highest BCUT2D eigenvalue weighted by Crippen LogP contribution is 2.46. The highest BCUT2D eigenvalue weighted by molar-refractivity contribution is 9.11. The van der Waals surface area contributed by atoms with Gasteiger partial charge in [0, 0.05) is 51.1 Å². The summed E-state index contributed by atoms with van der Waals surface area (Å²) >= 11 is 5.82. The van der Waals surface area contributed by atoms with Gasteiger partial charge in [-0.15, -0.1) is 0 Å². The summed E-state index contributed by atoms with van der Waals surface area (Å²) in [7, 11) is 5.38. The number of para-hydroxylation sites is 3. The van der Waals surface area contributed by atoms with Crippen LogP contribution in [-0.4, -0.2) is 34.0 Å². The van der Waals surface area contributed by atoms with Crippen molar-refractivity contribution in [1.82, 2.24) is 0 Å². The Morgan fingerprint density at radius 1 is 0.296 bits per heavy atom. The van der Waals surface area contributed by atoms with E-state index < -0.39 is 23.3 Å². The minimum atomic E-state index is -0.685. The van der Waals surface area contributed by atoms with E-state index in [2.05, 4.69) is 105 Å². The van der Waals surface area contributed by atoms with Crippen LogP contribution in [0.5, 0.6) is 23.0 Å². The molecule has 1 radical (unpaired) electrons. The highest BCUT2D eigenvalue weighted by atomic mass is 79.9. The predicted molar refractivity (Wildman–Crippen MR) is 326 cm³/mol. The van der Waals surface area contributed by atoms with E-state index in [4.69, 9.17) is 23.9 Å². The first-order valence-corrected chi connectivity index (χ1v) is 27.0. The molecule has 401 valence electrons. The molecule has 0 atom stereocenters. The molecule has 0 saturated heterocycles. The van der Waals surface area contributed by atoms with Crippen molar-refractivity contribution in [3.8, 4) is 112 Å². The van der Waals surface area contributed by atoms with Crippen LogP contribution in [0.1, 0.15) is 0 Å². The van der Waals surface area contributed by atoms with Gasteiger partial charge in [0.2, 0.25) is 0 Å². The topological polar surface area (TPSA) is 57.2 Å². The first-order chi connectivity index (χ1) is 39.5. The molecule has 11 aromatic carbocycles. The van der Waals surface area contributed by atoms with Crippen LogP contribution >= 0.6 is 31.9 Å². The Hall–Kier alpha value is -8.68. The molecule has 11 rings (SSSR count). The summed E-state index contributed by atoms with van der Waals surface area (Å²) in [5, 5.41) is 8.89. The SMILES string of the molecule is COc1c(-c2cccc(-c3ccccc3)c2)cccc1-c1cc(-c2cccc(-c3cccc(-c4ccccc4)c3)c2OC)c(F)cc1F.COc1c(O[B]O)cccc1-c1cccc(-c2ccccc2)c1.Fc1cc(F)c(Br)cc1Br. The molecule has 5 nitrogen and oxygen atoms in total. The van der Waals surface area contributed by atoms with Crippen molar-refractivity contribution >= 4 is 39.5 Å². The molecular weight excluding hydrogens is 1160 g/mol. The van der Waals surface area contributed by atoms with Gasteiger partial charge in [0.1, 0.15) is 40.5 Å². The fourth-order valence-corrected chi connectivity index (χ4v) is 10.4. The van der Waals surface area contributed by atoms with E-state index in [0.717, 1.165) is 78.9 Å². The van der Waals surface area contributed by atoms with E-state index in [1.165, 1.54) is 6.07 Å². The molecule has 0 bridgehead atoms. The molecule has 81 heavy (non-hydrogen) atoms. The maximum Gasteiger partial charge on any atom is 0.569 e. The standard InChI is InChI=1S/C44H32F2O2.C19H16BO3.C6H2Br2F2/c1-47-43-35(33-19-9-17-31(25-33)29-13-5-3-6-14-29)21-11-23-37(43)39-27-40(42(46)28-41(39)45)38-24-12-22-36(44(38)48-2)34-20-10-18-32(26-34)30-15-7-4-8-16-30;1-22-19-17(11-6-12-18(19)23-20-21)16-10-5-9-15(13-16)14-7-3-2-4-8-14;7-3-1-4(8)6(10)2-5(3)9/h3-28H,1-2H3;2-13,21H,1H3;1-2H. The molecule has 11 aromatic rings. The minimum Gasteiger partial charge on any atom is -0.535 e. The number of rotatable bonds is 13. The fourth-order valence-electron chi connectivity index (χ4n) is 9.45. The van der Waals surface area contributed by atoms with E-state index in [0.29, 0.717) is 41.8 Å². The molecule has 12 heteroatoms. The minimum absolute atomic E-state index is 0.225. The molecular formula is C69H50BBr2F4O5. The summed E-state index contributed by atoms with van der Waals surface area (Å²) in [5.41, 5.74) is 13.4. The Morgan fingerprint density at radius 2 is 0.605 bits per heavy atom. The number of hydrogen-bond donors (Lipinski definition) is 1. The fraction of sp³-hybridized carbons (Fsp3) is 0.0435. The van der Waals surface area contributed by atoms with E-state index in [9.17, 15) is 8.78 Å². The summed E-state index contributed by atoms with van der Waals surface area (Å²) in [6, 6.07) is 76.4. The van der Waals surface area contributed by atoms with Gasteiger partial charge in [-0.25, -0.2) is 17.6 Å². The maximum absolute atomic E-state index is 15.8. The van der Waals surface area contributed by atoms with Gasteiger partial charge >= 0.3 is 7.69 Å². The highest BCUT2D eigenvalue weighted by Gasteiger charge is 2.22. The molecule has 0 aliphatic carbocycles. The second kappa shape index (κ2) is 27.0. The van der Waals surface area contributed by atoms with Gasteiger partial charge < -0.3 is 23.9 Å². The van der Waals surface area contributed by atoms with E-state index in [1.54, 1.807) is 45.6 Å². The van der Waals surface area contributed by atoms with Crippen molar-refractivity contribution in [1.29, 1.82) is 0 Å². The average Bonchev–Trinajstić information content (AvgIpc) is 3.70. The average molecular weight is 1210 g/mol. The molecule has 0 heterocycles. The quantitative estimate of drug-likeness (QED) is 0.0708. The van der Waals surface area contributed by atoms with E-state index >= 15 is 8.78 Å². The van der Waals surface area contributed by atoms with Crippen molar-refractivity contribution in [3.63, 3.8) is 0 Å². The van der Waals surface area contributed by atoms with Crippen LogP contribution in [0.25, 0.3) is 89.0 Å². The third-order valence-corrected chi connectivity index (χ3v) is 14.5. The zero-order chi connectivity index (χ0) is 56.8. The Labute approximate surface area is 486 Å². The first kappa shape index (κ1) is 57.0.